The molecular formula is C10H16O. The van der Waals surface area contributed by atoms with Crippen LogP contribution in [0.4, 0.5) is 0 Å². The van der Waals surface area contributed by atoms with Gasteiger partial charge >= 0.3 is 0 Å². The standard InChI is InChI=1S/C10H16O/c1-5-7-9(3)10(6-2)8-11-4/h5-6H,1-2,7-8H2,3-4H3/b10-9+. The highest BCUT2D eigenvalue weighted by atomic mass is 16.5. The summed E-state index contributed by atoms with van der Waals surface area (Å²) in [6, 6.07) is 0. The second-order valence-electron chi connectivity index (χ2n) is 2.44. The molecule has 0 aromatic rings. The first kappa shape index (κ1) is 10.2. The minimum absolute atomic E-state index is 0.642. The topological polar surface area (TPSA) is 9.23 Å². The minimum atomic E-state index is 0.642. The Morgan fingerprint density at radius 1 is 1.45 bits per heavy atom. The third-order valence-corrected chi connectivity index (χ3v) is 1.54. The summed E-state index contributed by atoms with van der Waals surface area (Å²) in [6.07, 6.45) is 4.63. The second-order valence-corrected chi connectivity index (χ2v) is 2.44. The first-order valence-electron chi connectivity index (χ1n) is 3.67. The molecule has 0 spiro atoms. The number of hydrogen-bond donors (Lipinski definition) is 0. The zero-order chi connectivity index (χ0) is 8.69. The maximum Gasteiger partial charge on any atom is 0.0712 e. The fraction of sp³-hybridized carbons (Fsp3) is 0.400. The van der Waals surface area contributed by atoms with Gasteiger partial charge in [-0.2, -0.15) is 0 Å². The number of allylic oxidation sites excluding steroid dienone is 2. The van der Waals surface area contributed by atoms with Crippen molar-refractivity contribution in [1.29, 1.82) is 0 Å². The molecule has 0 fully saturated rings. The molecule has 0 saturated carbocycles. The maximum atomic E-state index is 5.00. The molecule has 0 amide bonds. The van der Waals surface area contributed by atoms with Crippen molar-refractivity contribution in [1.82, 2.24) is 0 Å². The van der Waals surface area contributed by atoms with Gasteiger partial charge in [0, 0.05) is 7.11 Å². The molecule has 0 heterocycles. The molecule has 0 saturated heterocycles. The van der Waals surface area contributed by atoms with Crippen LogP contribution >= 0.6 is 0 Å². The first-order valence-corrected chi connectivity index (χ1v) is 3.67. The van der Waals surface area contributed by atoms with Crippen molar-refractivity contribution in [3.63, 3.8) is 0 Å². The lowest BCUT2D eigenvalue weighted by atomic mass is 10.1. The van der Waals surface area contributed by atoms with Crippen molar-refractivity contribution in [3.05, 3.63) is 36.5 Å². The van der Waals surface area contributed by atoms with Gasteiger partial charge < -0.3 is 4.74 Å². The van der Waals surface area contributed by atoms with E-state index in [0.717, 1.165) is 12.0 Å². The van der Waals surface area contributed by atoms with Gasteiger partial charge in [-0.1, -0.05) is 24.3 Å². The van der Waals surface area contributed by atoms with E-state index in [1.807, 2.05) is 12.2 Å². The molecule has 0 unspecified atom stereocenters. The Labute approximate surface area is 69.1 Å². The summed E-state index contributed by atoms with van der Waals surface area (Å²) in [5.74, 6) is 0. The lowest BCUT2D eigenvalue weighted by molar-refractivity contribution is 0.227. The number of ether oxygens (including phenoxy) is 1. The van der Waals surface area contributed by atoms with Gasteiger partial charge in [-0.05, 0) is 18.9 Å². The van der Waals surface area contributed by atoms with E-state index in [9.17, 15) is 0 Å². The average molecular weight is 152 g/mol. The number of rotatable bonds is 5. The molecule has 0 aliphatic heterocycles. The van der Waals surface area contributed by atoms with Crippen LogP contribution in [0.5, 0.6) is 0 Å². The van der Waals surface area contributed by atoms with E-state index in [1.165, 1.54) is 5.57 Å². The lowest BCUT2D eigenvalue weighted by Gasteiger charge is -2.04. The highest BCUT2D eigenvalue weighted by Gasteiger charge is 1.95. The summed E-state index contributed by atoms with van der Waals surface area (Å²) in [6.45, 7) is 10.1. The zero-order valence-electron chi connectivity index (χ0n) is 7.39. The van der Waals surface area contributed by atoms with Crippen LogP contribution in [0, 0.1) is 0 Å². The van der Waals surface area contributed by atoms with Gasteiger partial charge in [0.25, 0.3) is 0 Å². The van der Waals surface area contributed by atoms with Crippen molar-refractivity contribution >= 4 is 0 Å². The number of methoxy groups -OCH3 is 1. The van der Waals surface area contributed by atoms with Crippen LogP contribution < -0.4 is 0 Å². The SMILES string of the molecule is C=CC/C(C)=C(\C=C)COC. The Morgan fingerprint density at radius 2 is 2.09 bits per heavy atom. The monoisotopic (exact) mass is 152 g/mol. The van der Waals surface area contributed by atoms with Gasteiger partial charge in [-0.15, -0.1) is 6.58 Å². The molecule has 0 aromatic carbocycles. The van der Waals surface area contributed by atoms with E-state index < -0.39 is 0 Å². The van der Waals surface area contributed by atoms with Crippen LogP contribution in [0.1, 0.15) is 13.3 Å². The third kappa shape index (κ3) is 3.79. The number of hydrogen-bond acceptors (Lipinski definition) is 1. The summed E-state index contributed by atoms with van der Waals surface area (Å²) < 4.78 is 5.00. The lowest BCUT2D eigenvalue weighted by Crippen LogP contribution is -1.94. The predicted octanol–water partition coefficient (Wildman–Crippen LogP) is 2.71. The van der Waals surface area contributed by atoms with Crippen molar-refractivity contribution in [3.8, 4) is 0 Å². The average Bonchev–Trinajstić information content (AvgIpc) is 2.00. The van der Waals surface area contributed by atoms with Gasteiger partial charge in [0.2, 0.25) is 0 Å². The molecule has 62 valence electrons. The van der Waals surface area contributed by atoms with Crippen LogP contribution in [0.25, 0.3) is 0 Å². The van der Waals surface area contributed by atoms with Gasteiger partial charge in [0.05, 0.1) is 6.61 Å². The maximum absolute atomic E-state index is 5.00. The molecule has 0 aromatic heterocycles. The van der Waals surface area contributed by atoms with Gasteiger partial charge in [0.15, 0.2) is 0 Å². The molecule has 0 aliphatic rings. The largest absolute Gasteiger partial charge is 0.380 e. The summed E-state index contributed by atoms with van der Waals surface area (Å²) in [5.41, 5.74) is 2.43. The first-order chi connectivity index (χ1) is 5.26. The third-order valence-electron chi connectivity index (χ3n) is 1.54. The molecule has 0 bridgehead atoms. The van der Waals surface area contributed by atoms with E-state index in [0.29, 0.717) is 6.61 Å². The van der Waals surface area contributed by atoms with Crippen molar-refractivity contribution < 1.29 is 4.74 Å². The highest BCUT2D eigenvalue weighted by molar-refractivity contribution is 5.24. The Bertz CT molecular complexity index is 166. The minimum Gasteiger partial charge on any atom is -0.380 e. The molecule has 0 radical (unpaired) electrons. The van der Waals surface area contributed by atoms with E-state index in [-0.39, 0.29) is 0 Å². The Balaban J connectivity index is 4.25. The van der Waals surface area contributed by atoms with Gasteiger partial charge in [0.1, 0.15) is 0 Å². The molecule has 0 N–H and O–H groups in total. The van der Waals surface area contributed by atoms with Crippen molar-refractivity contribution in [2.75, 3.05) is 13.7 Å². The van der Waals surface area contributed by atoms with E-state index >= 15 is 0 Å². The smallest absolute Gasteiger partial charge is 0.0712 e. The Morgan fingerprint density at radius 3 is 2.45 bits per heavy atom. The van der Waals surface area contributed by atoms with Gasteiger partial charge in [-0.3, -0.25) is 0 Å². The van der Waals surface area contributed by atoms with E-state index in [4.69, 9.17) is 4.74 Å². The predicted molar refractivity (Wildman–Crippen MR) is 49.6 cm³/mol. The molecule has 1 heteroatoms. The van der Waals surface area contributed by atoms with Crippen LogP contribution in [-0.2, 0) is 4.74 Å². The van der Waals surface area contributed by atoms with Gasteiger partial charge in [-0.25, -0.2) is 0 Å². The fourth-order valence-electron chi connectivity index (χ4n) is 0.859. The Hall–Kier alpha value is -0.820. The molecular weight excluding hydrogens is 136 g/mol. The normalized spacial score (nSPS) is 12.2. The quantitative estimate of drug-likeness (QED) is 0.435. The van der Waals surface area contributed by atoms with E-state index in [1.54, 1.807) is 7.11 Å². The van der Waals surface area contributed by atoms with Crippen molar-refractivity contribution in [2.24, 2.45) is 0 Å². The Kier molecular flexibility index (Phi) is 5.49. The summed E-state index contributed by atoms with van der Waals surface area (Å²) in [7, 11) is 1.69. The molecule has 0 rings (SSSR count). The summed E-state index contributed by atoms with van der Waals surface area (Å²) in [4.78, 5) is 0. The summed E-state index contributed by atoms with van der Waals surface area (Å²) in [5, 5.41) is 0. The molecule has 0 atom stereocenters. The van der Waals surface area contributed by atoms with Crippen LogP contribution in [0.15, 0.2) is 36.5 Å². The molecule has 11 heavy (non-hydrogen) atoms. The molecule has 0 aliphatic carbocycles. The zero-order valence-corrected chi connectivity index (χ0v) is 7.39. The van der Waals surface area contributed by atoms with Crippen LogP contribution in [0.2, 0.25) is 0 Å². The second kappa shape index (κ2) is 5.93. The van der Waals surface area contributed by atoms with Crippen molar-refractivity contribution in [2.45, 2.75) is 13.3 Å². The summed E-state index contributed by atoms with van der Waals surface area (Å²) >= 11 is 0. The fourth-order valence-corrected chi connectivity index (χ4v) is 0.859. The van der Waals surface area contributed by atoms with Crippen LogP contribution in [-0.4, -0.2) is 13.7 Å². The van der Waals surface area contributed by atoms with E-state index in [2.05, 4.69) is 20.1 Å². The van der Waals surface area contributed by atoms with Crippen LogP contribution in [0.3, 0.4) is 0 Å². The molecule has 1 nitrogen and oxygen atoms in total. The highest BCUT2D eigenvalue weighted by Crippen LogP contribution is 2.09.